The molecule has 0 heterocycles. The fraction of sp³-hybridized carbons (Fsp3) is 0.350. The van der Waals surface area contributed by atoms with Gasteiger partial charge in [0.2, 0.25) is 5.91 Å². The highest BCUT2D eigenvalue weighted by Crippen LogP contribution is 2.24. The van der Waals surface area contributed by atoms with Gasteiger partial charge in [0, 0.05) is 12.6 Å². The topological polar surface area (TPSA) is 67.6 Å². The van der Waals surface area contributed by atoms with E-state index in [1.54, 1.807) is 25.3 Å². The van der Waals surface area contributed by atoms with Gasteiger partial charge in [0.05, 0.1) is 24.5 Å². The summed E-state index contributed by atoms with van der Waals surface area (Å²) in [5.74, 6) is 0.599. The van der Waals surface area contributed by atoms with Gasteiger partial charge in [-0.25, -0.2) is 0 Å². The Morgan fingerprint density at radius 1 is 1.24 bits per heavy atom. The van der Waals surface area contributed by atoms with Crippen LogP contribution in [0.1, 0.15) is 25.8 Å². The minimum absolute atomic E-state index is 0.0683. The van der Waals surface area contributed by atoms with E-state index in [4.69, 9.17) is 10.5 Å². The number of nitrogens with zero attached hydrogens (tertiary/aromatic N) is 1. The van der Waals surface area contributed by atoms with Crippen molar-refractivity contribution < 1.29 is 9.53 Å². The summed E-state index contributed by atoms with van der Waals surface area (Å²) in [5, 5.41) is 2.92. The molecule has 0 fully saturated rings. The second-order valence-electron chi connectivity index (χ2n) is 6.07. The van der Waals surface area contributed by atoms with E-state index in [1.807, 2.05) is 25.1 Å². The Morgan fingerprint density at radius 3 is 2.56 bits per heavy atom. The van der Waals surface area contributed by atoms with Crippen LogP contribution in [0.2, 0.25) is 0 Å². The molecule has 1 unspecified atom stereocenters. The molecule has 1 atom stereocenters. The van der Waals surface area contributed by atoms with Gasteiger partial charge in [-0.2, -0.15) is 0 Å². The zero-order valence-electron chi connectivity index (χ0n) is 15.2. The van der Waals surface area contributed by atoms with Crippen molar-refractivity contribution in [2.45, 2.75) is 32.9 Å². The van der Waals surface area contributed by atoms with Crippen molar-refractivity contribution in [2.75, 3.05) is 24.7 Å². The number of anilines is 2. The highest BCUT2D eigenvalue weighted by Gasteiger charge is 2.21. The first-order chi connectivity index (χ1) is 12.0. The third kappa shape index (κ3) is 5.22. The van der Waals surface area contributed by atoms with E-state index in [9.17, 15) is 4.79 Å². The normalized spacial score (nSPS) is 12.0. The molecule has 1 amide bonds. The van der Waals surface area contributed by atoms with E-state index >= 15 is 0 Å². The standard InChI is InChI=1S/C20H27N3O2/c1-4-12-23(14-16-8-6-5-7-9-16)15(2)20(24)22-19-11-10-17(25-3)13-18(19)21/h5-11,13,15H,4,12,14,21H2,1-3H3,(H,22,24). The van der Waals surface area contributed by atoms with E-state index in [1.165, 1.54) is 5.56 Å². The van der Waals surface area contributed by atoms with Crippen molar-refractivity contribution >= 4 is 17.3 Å². The number of methoxy groups -OCH3 is 1. The third-order valence-electron chi connectivity index (χ3n) is 4.18. The zero-order valence-corrected chi connectivity index (χ0v) is 15.2. The van der Waals surface area contributed by atoms with Gasteiger partial charge in [0.25, 0.3) is 0 Å². The van der Waals surface area contributed by atoms with Crippen molar-refractivity contribution in [1.82, 2.24) is 4.90 Å². The molecule has 0 saturated heterocycles. The Bertz CT molecular complexity index is 689. The maximum atomic E-state index is 12.7. The van der Waals surface area contributed by atoms with Crippen molar-refractivity contribution in [3.8, 4) is 5.75 Å². The lowest BCUT2D eigenvalue weighted by atomic mass is 10.1. The molecule has 5 heteroatoms. The summed E-state index contributed by atoms with van der Waals surface area (Å²) < 4.78 is 5.14. The van der Waals surface area contributed by atoms with E-state index in [2.05, 4.69) is 29.3 Å². The van der Waals surface area contributed by atoms with Crippen molar-refractivity contribution in [3.05, 3.63) is 54.1 Å². The van der Waals surface area contributed by atoms with E-state index in [0.717, 1.165) is 19.5 Å². The number of nitrogen functional groups attached to an aromatic ring is 1. The number of rotatable bonds is 8. The molecule has 0 aliphatic rings. The Balaban J connectivity index is 2.07. The van der Waals surface area contributed by atoms with Gasteiger partial charge in [-0.3, -0.25) is 9.69 Å². The lowest BCUT2D eigenvalue weighted by Crippen LogP contribution is -2.42. The molecule has 0 aromatic heterocycles. The van der Waals surface area contributed by atoms with Crippen molar-refractivity contribution in [2.24, 2.45) is 0 Å². The molecule has 2 aromatic carbocycles. The second kappa shape index (κ2) is 9.08. The molecule has 25 heavy (non-hydrogen) atoms. The van der Waals surface area contributed by atoms with Crippen LogP contribution in [0.4, 0.5) is 11.4 Å². The van der Waals surface area contributed by atoms with Gasteiger partial charge in [-0.15, -0.1) is 0 Å². The maximum Gasteiger partial charge on any atom is 0.241 e. The summed E-state index contributed by atoms with van der Waals surface area (Å²) in [7, 11) is 1.58. The number of nitrogens with one attached hydrogen (secondary N) is 1. The first-order valence-electron chi connectivity index (χ1n) is 8.57. The lowest BCUT2D eigenvalue weighted by Gasteiger charge is -2.28. The van der Waals surface area contributed by atoms with Crippen molar-refractivity contribution in [3.63, 3.8) is 0 Å². The van der Waals surface area contributed by atoms with Gasteiger partial charge >= 0.3 is 0 Å². The van der Waals surface area contributed by atoms with Crippen molar-refractivity contribution in [1.29, 1.82) is 0 Å². The van der Waals surface area contributed by atoms with Crippen LogP contribution in [0.15, 0.2) is 48.5 Å². The van der Waals surface area contributed by atoms with Gasteiger partial charge in [-0.05, 0) is 37.6 Å². The highest BCUT2D eigenvalue weighted by atomic mass is 16.5. The quantitative estimate of drug-likeness (QED) is 0.721. The van der Waals surface area contributed by atoms with Crippen LogP contribution in [0.5, 0.6) is 5.75 Å². The van der Waals surface area contributed by atoms with Crippen LogP contribution >= 0.6 is 0 Å². The molecular formula is C20H27N3O2. The molecular weight excluding hydrogens is 314 g/mol. The average molecular weight is 341 g/mol. The number of amides is 1. The number of nitrogens with two attached hydrogens (primary N) is 1. The monoisotopic (exact) mass is 341 g/mol. The Labute approximate surface area is 149 Å². The molecule has 2 aromatic rings. The van der Waals surface area contributed by atoms with Crippen LogP contribution in [-0.2, 0) is 11.3 Å². The number of benzene rings is 2. The minimum Gasteiger partial charge on any atom is -0.497 e. The maximum absolute atomic E-state index is 12.7. The Kier molecular flexibility index (Phi) is 6.83. The smallest absolute Gasteiger partial charge is 0.241 e. The first kappa shape index (κ1) is 18.8. The molecule has 0 spiro atoms. The van der Waals surface area contributed by atoms with Gasteiger partial charge < -0.3 is 15.8 Å². The number of carbonyl (C=O) groups is 1. The summed E-state index contributed by atoms with van der Waals surface area (Å²) in [4.78, 5) is 14.9. The van der Waals surface area contributed by atoms with Crippen LogP contribution in [0.25, 0.3) is 0 Å². The summed E-state index contributed by atoms with van der Waals surface area (Å²) in [6.45, 7) is 5.63. The summed E-state index contributed by atoms with van der Waals surface area (Å²) in [5.41, 5.74) is 8.29. The molecule has 0 saturated carbocycles. The first-order valence-corrected chi connectivity index (χ1v) is 8.57. The average Bonchev–Trinajstić information content (AvgIpc) is 2.63. The fourth-order valence-corrected chi connectivity index (χ4v) is 2.70. The van der Waals surface area contributed by atoms with Gasteiger partial charge in [-0.1, -0.05) is 37.3 Å². The van der Waals surface area contributed by atoms with Crippen LogP contribution in [-0.4, -0.2) is 30.5 Å². The van der Waals surface area contributed by atoms with E-state index < -0.39 is 0 Å². The van der Waals surface area contributed by atoms with Gasteiger partial charge in [0.1, 0.15) is 5.75 Å². The highest BCUT2D eigenvalue weighted by molar-refractivity contribution is 5.97. The summed E-state index contributed by atoms with van der Waals surface area (Å²) >= 11 is 0. The van der Waals surface area contributed by atoms with Gasteiger partial charge in [0.15, 0.2) is 0 Å². The predicted molar refractivity (Wildman–Crippen MR) is 103 cm³/mol. The number of hydrogen-bond acceptors (Lipinski definition) is 4. The van der Waals surface area contributed by atoms with Crippen LogP contribution in [0.3, 0.4) is 0 Å². The second-order valence-corrected chi connectivity index (χ2v) is 6.07. The molecule has 0 bridgehead atoms. The third-order valence-corrected chi connectivity index (χ3v) is 4.18. The summed E-state index contributed by atoms with van der Waals surface area (Å²) in [6, 6.07) is 15.2. The number of ether oxygens (including phenoxy) is 1. The minimum atomic E-state index is -0.262. The van der Waals surface area contributed by atoms with E-state index in [-0.39, 0.29) is 11.9 Å². The number of hydrogen-bond donors (Lipinski definition) is 2. The van der Waals surface area contributed by atoms with Crippen LogP contribution < -0.4 is 15.8 Å². The lowest BCUT2D eigenvalue weighted by molar-refractivity contribution is -0.121. The SMILES string of the molecule is CCCN(Cc1ccccc1)C(C)C(=O)Nc1ccc(OC)cc1N. The van der Waals surface area contributed by atoms with Crippen LogP contribution in [0, 0.1) is 0 Å². The summed E-state index contributed by atoms with van der Waals surface area (Å²) in [6.07, 6.45) is 0.981. The van der Waals surface area contributed by atoms with E-state index in [0.29, 0.717) is 17.1 Å². The molecule has 134 valence electrons. The number of carbonyl (C=O) groups excluding carboxylic acids is 1. The molecule has 0 radical (unpaired) electrons. The molecule has 0 aliphatic heterocycles. The Morgan fingerprint density at radius 2 is 1.96 bits per heavy atom. The zero-order chi connectivity index (χ0) is 18.2. The molecule has 2 rings (SSSR count). The fourth-order valence-electron chi connectivity index (χ4n) is 2.70. The Hall–Kier alpha value is -2.53. The largest absolute Gasteiger partial charge is 0.497 e. The molecule has 3 N–H and O–H groups in total. The molecule has 5 nitrogen and oxygen atoms in total. The molecule has 0 aliphatic carbocycles. The predicted octanol–water partition coefficient (Wildman–Crippen LogP) is 3.52.